The normalized spacial score (nSPS) is 17.9. The van der Waals surface area contributed by atoms with E-state index in [4.69, 9.17) is 0 Å². The second kappa shape index (κ2) is 5.90. The van der Waals surface area contributed by atoms with Crippen LogP contribution in [0.5, 0.6) is 0 Å². The zero-order valence-corrected chi connectivity index (χ0v) is 11.7. The van der Waals surface area contributed by atoms with Crippen LogP contribution in [0.4, 0.5) is 14.9 Å². The number of halogens is 1. The summed E-state index contributed by atoms with van der Waals surface area (Å²) in [4.78, 5) is 36.2. The minimum Gasteiger partial charge on any atom is -0.469 e. The third-order valence-corrected chi connectivity index (χ3v) is 3.28. The molecule has 1 heterocycles. The summed E-state index contributed by atoms with van der Waals surface area (Å²) in [6.45, 7) is 1.61. The lowest BCUT2D eigenvalue weighted by molar-refractivity contribution is -0.140. The van der Waals surface area contributed by atoms with E-state index in [0.717, 1.165) is 4.90 Å². The van der Waals surface area contributed by atoms with Crippen LogP contribution in [0.2, 0.25) is 0 Å². The van der Waals surface area contributed by atoms with Gasteiger partial charge < -0.3 is 10.1 Å². The fourth-order valence-electron chi connectivity index (χ4n) is 2.19. The van der Waals surface area contributed by atoms with Crippen LogP contribution in [0.3, 0.4) is 0 Å². The molecule has 3 amide bonds. The second-order valence-corrected chi connectivity index (χ2v) is 4.72. The molecule has 1 aliphatic rings. The van der Waals surface area contributed by atoms with Gasteiger partial charge in [0.15, 0.2) is 0 Å². The van der Waals surface area contributed by atoms with Gasteiger partial charge in [-0.3, -0.25) is 9.59 Å². The van der Waals surface area contributed by atoms with Crippen molar-refractivity contribution in [1.29, 1.82) is 0 Å². The number of carbonyl (C=O) groups excluding carboxylic acids is 3. The number of amides is 3. The minimum atomic E-state index is -0.777. The first-order valence-corrected chi connectivity index (χ1v) is 6.41. The number of aryl methyl sites for hydroxylation is 1. The first-order valence-electron chi connectivity index (χ1n) is 6.41. The fourth-order valence-corrected chi connectivity index (χ4v) is 2.19. The highest BCUT2D eigenvalue weighted by atomic mass is 19.1. The SMILES string of the molecule is COC(=O)CC[C@H]1NC(=O)N(c2ccc(F)cc2C)C1=O. The van der Waals surface area contributed by atoms with Crippen LogP contribution >= 0.6 is 0 Å². The summed E-state index contributed by atoms with van der Waals surface area (Å²) < 4.78 is 17.6. The number of carbonyl (C=O) groups is 3. The number of nitrogens with one attached hydrogen (secondary N) is 1. The standard InChI is InChI=1S/C14H15FN2O4/c1-8-7-9(15)3-5-11(8)17-13(19)10(16-14(17)20)4-6-12(18)21-2/h3,5,7,10H,4,6H2,1-2H3,(H,16,20)/t10-/m1/s1. The molecule has 0 radical (unpaired) electrons. The number of benzene rings is 1. The predicted molar refractivity (Wildman–Crippen MR) is 72.2 cm³/mol. The van der Waals surface area contributed by atoms with Crippen molar-refractivity contribution in [2.24, 2.45) is 0 Å². The first-order chi connectivity index (χ1) is 9.93. The van der Waals surface area contributed by atoms with Gasteiger partial charge >= 0.3 is 12.0 Å². The fraction of sp³-hybridized carbons (Fsp3) is 0.357. The molecule has 112 valence electrons. The van der Waals surface area contributed by atoms with Gasteiger partial charge in [0, 0.05) is 6.42 Å². The van der Waals surface area contributed by atoms with Gasteiger partial charge in [-0.15, -0.1) is 0 Å². The molecular weight excluding hydrogens is 279 g/mol. The van der Waals surface area contributed by atoms with E-state index in [1.54, 1.807) is 6.92 Å². The summed E-state index contributed by atoms with van der Waals surface area (Å²) in [5.41, 5.74) is 0.812. The highest BCUT2D eigenvalue weighted by Gasteiger charge is 2.39. The summed E-state index contributed by atoms with van der Waals surface area (Å²) in [7, 11) is 1.26. The van der Waals surface area contributed by atoms with Crippen LogP contribution in [-0.4, -0.2) is 31.1 Å². The van der Waals surface area contributed by atoms with Crippen molar-refractivity contribution < 1.29 is 23.5 Å². The number of urea groups is 1. The third-order valence-electron chi connectivity index (χ3n) is 3.28. The third kappa shape index (κ3) is 3.01. The summed E-state index contributed by atoms with van der Waals surface area (Å²) in [6.07, 6.45) is 0.192. The van der Waals surface area contributed by atoms with E-state index in [0.29, 0.717) is 11.3 Å². The molecule has 7 heteroatoms. The second-order valence-electron chi connectivity index (χ2n) is 4.72. The van der Waals surface area contributed by atoms with Crippen molar-refractivity contribution in [3.8, 4) is 0 Å². The van der Waals surface area contributed by atoms with Crippen LogP contribution in [0.15, 0.2) is 18.2 Å². The topological polar surface area (TPSA) is 75.7 Å². The van der Waals surface area contributed by atoms with Crippen molar-refractivity contribution in [3.05, 3.63) is 29.6 Å². The lowest BCUT2D eigenvalue weighted by Crippen LogP contribution is -2.32. The number of hydrogen-bond acceptors (Lipinski definition) is 4. The van der Waals surface area contributed by atoms with Crippen molar-refractivity contribution in [1.82, 2.24) is 5.32 Å². The number of anilines is 1. The molecule has 1 aliphatic heterocycles. The van der Waals surface area contributed by atoms with Gasteiger partial charge in [-0.1, -0.05) is 0 Å². The Morgan fingerprint density at radius 2 is 2.14 bits per heavy atom. The number of methoxy groups -OCH3 is 1. The Bertz CT molecular complexity index is 603. The van der Waals surface area contributed by atoms with E-state index >= 15 is 0 Å². The van der Waals surface area contributed by atoms with E-state index in [1.807, 2.05) is 0 Å². The molecule has 1 aromatic rings. The van der Waals surface area contributed by atoms with Gasteiger partial charge in [0.1, 0.15) is 11.9 Å². The zero-order valence-electron chi connectivity index (χ0n) is 11.7. The van der Waals surface area contributed by atoms with Crippen LogP contribution < -0.4 is 10.2 Å². The number of ether oxygens (including phenoxy) is 1. The minimum absolute atomic E-state index is 0.0312. The van der Waals surface area contributed by atoms with Gasteiger partial charge in [0.25, 0.3) is 5.91 Å². The average molecular weight is 294 g/mol. The largest absolute Gasteiger partial charge is 0.469 e. The molecule has 0 unspecified atom stereocenters. The highest BCUT2D eigenvalue weighted by Crippen LogP contribution is 2.25. The smallest absolute Gasteiger partial charge is 0.329 e. The average Bonchev–Trinajstić information content (AvgIpc) is 2.72. The number of imide groups is 1. The maximum absolute atomic E-state index is 13.1. The molecule has 1 aromatic carbocycles. The van der Waals surface area contributed by atoms with Crippen LogP contribution in [-0.2, 0) is 14.3 Å². The Balaban J connectivity index is 2.16. The molecule has 0 saturated carbocycles. The molecular formula is C14H15FN2O4. The summed E-state index contributed by atoms with van der Waals surface area (Å²) in [6, 6.07) is 2.46. The lowest BCUT2D eigenvalue weighted by Gasteiger charge is -2.15. The van der Waals surface area contributed by atoms with E-state index in [-0.39, 0.29) is 12.8 Å². The number of nitrogens with zero attached hydrogens (tertiary/aromatic N) is 1. The van der Waals surface area contributed by atoms with Crippen molar-refractivity contribution in [2.75, 3.05) is 12.0 Å². The maximum Gasteiger partial charge on any atom is 0.329 e. The Kier molecular flexibility index (Phi) is 4.21. The Morgan fingerprint density at radius 1 is 1.43 bits per heavy atom. The van der Waals surface area contributed by atoms with E-state index in [9.17, 15) is 18.8 Å². The molecule has 1 saturated heterocycles. The van der Waals surface area contributed by atoms with Crippen LogP contribution in [0, 0.1) is 12.7 Å². The van der Waals surface area contributed by atoms with Gasteiger partial charge in [0.2, 0.25) is 0 Å². The molecule has 21 heavy (non-hydrogen) atoms. The van der Waals surface area contributed by atoms with Gasteiger partial charge in [-0.25, -0.2) is 14.1 Å². The molecule has 0 aliphatic carbocycles. The Morgan fingerprint density at radius 3 is 2.76 bits per heavy atom. The summed E-state index contributed by atoms with van der Waals surface area (Å²) in [5, 5.41) is 2.51. The van der Waals surface area contributed by atoms with Gasteiger partial charge in [0.05, 0.1) is 12.8 Å². The Labute approximate surface area is 120 Å². The predicted octanol–water partition coefficient (Wildman–Crippen LogP) is 1.51. The molecule has 1 N–H and O–H groups in total. The van der Waals surface area contributed by atoms with Crippen LogP contribution in [0.1, 0.15) is 18.4 Å². The molecule has 6 nitrogen and oxygen atoms in total. The maximum atomic E-state index is 13.1. The monoisotopic (exact) mass is 294 g/mol. The first kappa shape index (κ1) is 15.0. The molecule has 1 atom stereocenters. The van der Waals surface area contributed by atoms with E-state index < -0.39 is 29.8 Å². The molecule has 1 fully saturated rings. The van der Waals surface area contributed by atoms with Crippen molar-refractivity contribution in [2.45, 2.75) is 25.8 Å². The van der Waals surface area contributed by atoms with Gasteiger partial charge in [-0.2, -0.15) is 0 Å². The summed E-state index contributed by atoms with van der Waals surface area (Å²) in [5.74, 6) is -1.35. The number of esters is 1. The quantitative estimate of drug-likeness (QED) is 0.674. The number of hydrogen-bond donors (Lipinski definition) is 1. The lowest BCUT2D eigenvalue weighted by atomic mass is 10.1. The van der Waals surface area contributed by atoms with E-state index in [2.05, 4.69) is 10.1 Å². The van der Waals surface area contributed by atoms with Crippen molar-refractivity contribution in [3.63, 3.8) is 0 Å². The van der Waals surface area contributed by atoms with Crippen molar-refractivity contribution >= 4 is 23.6 Å². The Hall–Kier alpha value is -2.44. The number of rotatable bonds is 4. The zero-order chi connectivity index (χ0) is 15.6. The summed E-state index contributed by atoms with van der Waals surface area (Å²) >= 11 is 0. The van der Waals surface area contributed by atoms with Crippen LogP contribution in [0.25, 0.3) is 0 Å². The molecule has 0 aromatic heterocycles. The molecule has 0 spiro atoms. The van der Waals surface area contributed by atoms with E-state index in [1.165, 1.54) is 25.3 Å². The molecule has 0 bridgehead atoms. The highest BCUT2D eigenvalue weighted by molar-refractivity contribution is 6.21. The molecule has 2 rings (SSSR count). The van der Waals surface area contributed by atoms with Gasteiger partial charge in [-0.05, 0) is 37.1 Å².